The fourth-order valence-electron chi connectivity index (χ4n) is 5.17. The number of pyridine rings is 1. The fourth-order valence-corrected chi connectivity index (χ4v) is 5.17. The molecule has 156 valence electrons. The molecule has 0 spiro atoms. The van der Waals surface area contributed by atoms with Gasteiger partial charge in [-0.25, -0.2) is 0 Å². The van der Waals surface area contributed by atoms with Crippen LogP contribution in [0.4, 0.5) is 0 Å². The molecule has 2 aliphatic rings. The topological polar surface area (TPSA) is 64.1 Å². The van der Waals surface area contributed by atoms with Gasteiger partial charge in [-0.1, -0.05) is 12.5 Å². The highest BCUT2D eigenvalue weighted by molar-refractivity contribution is 5.53. The van der Waals surface area contributed by atoms with E-state index < -0.39 is 5.60 Å². The highest BCUT2D eigenvalue weighted by Gasteiger charge is 2.52. The van der Waals surface area contributed by atoms with Crippen LogP contribution in [0.3, 0.4) is 0 Å². The van der Waals surface area contributed by atoms with Crippen LogP contribution in [-0.4, -0.2) is 49.4 Å². The fraction of sp³-hybridized carbons (Fsp3) is 0.522. The van der Waals surface area contributed by atoms with Crippen molar-refractivity contribution in [2.75, 3.05) is 34.4 Å². The summed E-state index contributed by atoms with van der Waals surface area (Å²) in [6, 6.07) is 9.87. The highest BCUT2D eigenvalue weighted by atomic mass is 16.5. The molecule has 1 saturated heterocycles. The van der Waals surface area contributed by atoms with Crippen molar-refractivity contribution in [3.05, 3.63) is 47.8 Å². The molecule has 2 atom stereocenters. The van der Waals surface area contributed by atoms with Gasteiger partial charge in [0, 0.05) is 37.7 Å². The summed E-state index contributed by atoms with van der Waals surface area (Å²) in [5.41, 5.74) is 1.11. The number of piperidine rings is 1. The van der Waals surface area contributed by atoms with E-state index in [9.17, 15) is 5.11 Å². The smallest absolute Gasteiger partial charge is 0.203 e. The molecule has 1 aromatic carbocycles. The van der Waals surface area contributed by atoms with Crippen molar-refractivity contribution in [1.29, 1.82) is 0 Å². The van der Waals surface area contributed by atoms with Crippen LogP contribution < -0.4 is 14.2 Å². The Morgan fingerprint density at radius 3 is 2.21 bits per heavy atom. The molecule has 6 heteroatoms. The Balaban J connectivity index is 1.57. The van der Waals surface area contributed by atoms with Crippen molar-refractivity contribution >= 4 is 0 Å². The van der Waals surface area contributed by atoms with E-state index in [1.54, 1.807) is 27.5 Å². The maximum absolute atomic E-state index is 11.7. The molecular formula is C23H30N2O4. The second kappa shape index (κ2) is 8.20. The Kier molecular flexibility index (Phi) is 5.65. The molecule has 0 amide bonds. The van der Waals surface area contributed by atoms with Gasteiger partial charge in [-0.15, -0.1) is 0 Å². The van der Waals surface area contributed by atoms with Crippen molar-refractivity contribution in [3.63, 3.8) is 0 Å². The lowest BCUT2D eigenvalue weighted by molar-refractivity contribution is -0.151. The molecule has 0 unspecified atom stereocenters. The molecule has 2 aromatic rings. The summed E-state index contributed by atoms with van der Waals surface area (Å²) in [6.07, 6.45) is 5.00. The van der Waals surface area contributed by atoms with Crippen molar-refractivity contribution in [2.45, 2.75) is 31.4 Å². The summed E-state index contributed by atoms with van der Waals surface area (Å²) in [7, 11) is 4.89. The van der Waals surface area contributed by atoms with Crippen LogP contribution in [0.25, 0.3) is 0 Å². The summed E-state index contributed by atoms with van der Waals surface area (Å²) >= 11 is 0. The number of hydrogen-bond donors (Lipinski definition) is 1. The van der Waals surface area contributed by atoms with E-state index >= 15 is 0 Å². The lowest BCUT2D eigenvalue weighted by Gasteiger charge is -2.52. The molecule has 1 saturated carbocycles. The Labute approximate surface area is 172 Å². The summed E-state index contributed by atoms with van der Waals surface area (Å²) in [5, 5.41) is 11.7. The van der Waals surface area contributed by atoms with Gasteiger partial charge in [0.25, 0.3) is 0 Å². The van der Waals surface area contributed by atoms with E-state index in [1.807, 2.05) is 30.3 Å². The third-order valence-corrected chi connectivity index (χ3v) is 6.51. The number of nitrogens with zero attached hydrogens (tertiary/aromatic N) is 2. The Hall–Kier alpha value is -2.31. The zero-order valence-corrected chi connectivity index (χ0v) is 17.4. The average Bonchev–Trinajstić information content (AvgIpc) is 2.74. The first kappa shape index (κ1) is 20.0. The molecule has 0 radical (unpaired) electrons. The molecular weight excluding hydrogens is 368 g/mol. The number of methoxy groups -OCH3 is 3. The molecule has 29 heavy (non-hydrogen) atoms. The Bertz CT molecular complexity index is 803. The summed E-state index contributed by atoms with van der Waals surface area (Å²) in [5.74, 6) is 2.32. The summed E-state index contributed by atoms with van der Waals surface area (Å²) < 4.78 is 16.4. The molecule has 1 aromatic heterocycles. The van der Waals surface area contributed by atoms with Crippen LogP contribution in [-0.2, 0) is 12.1 Å². The number of benzene rings is 1. The van der Waals surface area contributed by atoms with Gasteiger partial charge >= 0.3 is 0 Å². The molecule has 1 aliphatic heterocycles. The zero-order chi connectivity index (χ0) is 20.4. The molecule has 4 rings (SSSR count). The third-order valence-electron chi connectivity index (χ3n) is 6.51. The van der Waals surface area contributed by atoms with Gasteiger partial charge < -0.3 is 19.3 Å². The predicted octanol–water partition coefficient (Wildman–Crippen LogP) is 3.23. The number of rotatable bonds is 6. The molecule has 2 bridgehead atoms. The number of hydrogen-bond acceptors (Lipinski definition) is 6. The van der Waals surface area contributed by atoms with Gasteiger partial charge in [-0.2, -0.15) is 0 Å². The van der Waals surface area contributed by atoms with Crippen molar-refractivity contribution < 1.29 is 19.3 Å². The minimum Gasteiger partial charge on any atom is -0.493 e. The largest absolute Gasteiger partial charge is 0.493 e. The van der Waals surface area contributed by atoms with Crippen LogP contribution in [0, 0.1) is 11.8 Å². The highest BCUT2D eigenvalue weighted by Crippen LogP contribution is 2.49. The first-order valence-corrected chi connectivity index (χ1v) is 10.2. The Morgan fingerprint density at radius 2 is 1.69 bits per heavy atom. The molecule has 2 fully saturated rings. The van der Waals surface area contributed by atoms with E-state index in [0.717, 1.165) is 43.7 Å². The first-order chi connectivity index (χ1) is 14.1. The van der Waals surface area contributed by atoms with E-state index in [1.165, 1.54) is 6.42 Å². The number of likely N-dealkylation sites (tertiary alicyclic amines) is 1. The lowest BCUT2D eigenvalue weighted by Crippen LogP contribution is -2.58. The van der Waals surface area contributed by atoms with Crippen molar-refractivity contribution in [2.24, 2.45) is 11.8 Å². The maximum atomic E-state index is 11.7. The van der Waals surface area contributed by atoms with Crippen LogP contribution in [0.2, 0.25) is 0 Å². The van der Waals surface area contributed by atoms with Gasteiger partial charge in [0.1, 0.15) is 5.60 Å². The number of ether oxygens (including phenoxy) is 3. The summed E-state index contributed by atoms with van der Waals surface area (Å²) in [6.45, 7) is 2.47. The number of aliphatic hydroxyl groups is 1. The zero-order valence-electron chi connectivity index (χ0n) is 17.4. The second-order valence-electron chi connectivity index (χ2n) is 8.09. The first-order valence-electron chi connectivity index (χ1n) is 10.2. The molecule has 2 heterocycles. The van der Waals surface area contributed by atoms with Crippen LogP contribution in [0.15, 0.2) is 36.5 Å². The van der Waals surface area contributed by atoms with E-state index in [-0.39, 0.29) is 11.8 Å². The average molecular weight is 399 g/mol. The standard InChI is InChI=1S/C23H30N2O4/c1-27-19-11-16(12-20(28-2)22(19)29-3)13-25-14-17-7-6-8-18(15-25)23(17,26)21-9-4-5-10-24-21/h4-5,9-12,17-18,26H,6-8,13-15H2,1-3H3/t17-,18-/m0/s1. The van der Waals surface area contributed by atoms with Gasteiger partial charge in [-0.05, 0) is 42.7 Å². The monoisotopic (exact) mass is 398 g/mol. The predicted molar refractivity (Wildman–Crippen MR) is 110 cm³/mol. The number of aromatic nitrogens is 1. The van der Waals surface area contributed by atoms with Crippen LogP contribution >= 0.6 is 0 Å². The van der Waals surface area contributed by atoms with Crippen molar-refractivity contribution in [3.8, 4) is 17.2 Å². The molecule has 1 N–H and O–H groups in total. The van der Waals surface area contributed by atoms with Gasteiger partial charge in [0.05, 0.1) is 27.0 Å². The van der Waals surface area contributed by atoms with E-state index in [0.29, 0.717) is 17.2 Å². The minimum absolute atomic E-state index is 0.187. The van der Waals surface area contributed by atoms with Crippen LogP contribution in [0.5, 0.6) is 17.2 Å². The number of fused-ring (bicyclic) bond motifs is 2. The summed E-state index contributed by atoms with van der Waals surface area (Å²) in [4.78, 5) is 6.95. The third kappa shape index (κ3) is 3.55. The van der Waals surface area contributed by atoms with Gasteiger partial charge in [0.15, 0.2) is 11.5 Å². The second-order valence-corrected chi connectivity index (χ2v) is 8.09. The van der Waals surface area contributed by atoms with Gasteiger partial charge in [-0.3, -0.25) is 9.88 Å². The maximum Gasteiger partial charge on any atom is 0.203 e. The van der Waals surface area contributed by atoms with E-state index in [4.69, 9.17) is 14.2 Å². The minimum atomic E-state index is -0.828. The lowest BCUT2D eigenvalue weighted by atomic mass is 9.64. The molecule has 1 aliphatic carbocycles. The normalized spacial score (nSPS) is 26.8. The quantitative estimate of drug-likeness (QED) is 0.806. The van der Waals surface area contributed by atoms with Crippen LogP contribution in [0.1, 0.15) is 30.5 Å². The van der Waals surface area contributed by atoms with E-state index in [2.05, 4.69) is 9.88 Å². The van der Waals surface area contributed by atoms with Gasteiger partial charge in [0.2, 0.25) is 5.75 Å². The Morgan fingerprint density at radius 1 is 1.03 bits per heavy atom. The SMILES string of the molecule is COc1cc(CN2C[C@@H]3CCC[C@@H](C2)C3(O)c2ccccn2)cc(OC)c1OC. The molecule has 6 nitrogen and oxygen atoms in total. The van der Waals surface area contributed by atoms with Crippen molar-refractivity contribution in [1.82, 2.24) is 9.88 Å².